The molecule has 0 bridgehead atoms. The molecule has 1 N–H and O–H groups in total. The van der Waals surface area contributed by atoms with Gasteiger partial charge in [0.25, 0.3) is 0 Å². The minimum Gasteiger partial charge on any atom is -0.481 e. The molecule has 2 rings (SSSR count). The fourth-order valence-electron chi connectivity index (χ4n) is 1.81. The van der Waals surface area contributed by atoms with Crippen molar-refractivity contribution in [1.29, 1.82) is 0 Å². The predicted molar refractivity (Wildman–Crippen MR) is 63.5 cm³/mol. The number of imidazole rings is 1. The van der Waals surface area contributed by atoms with E-state index in [0.29, 0.717) is 0 Å². The van der Waals surface area contributed by atoms with Crippen molar-refractivity contribution in [2.45, 2.75) is 19.5 Å². The smallest absolute Gasteiger partial charge is 0.419 e. The van der Waals surface area contributed by atoms with Gasteiger partial charge in [0.15, 0.2) is 0 Å². The molecule has 0 saturated heterocycles. The first-order valence-electron chi connectivity index (χ1n) is 5.06. The van der Waals surface area contributed by atoms with Crippen LogP contribution < -0.4 is 0 Å². The number of aliphatic carboxylic acids is 1. The van der Waals surface area contributed by atoms with Crippen LogP contribution in [0.25, 0.3) is 5.65 Å². The van der Waals surface area contributed by atoms with E-state index in [1.807, 2.05) is 0 Å². The summed E-state index contributed by atoms with van der Waals surface area (Å²) >= 11 is 0. The molecule has 0 aromatic carbocycles. The van der Waals surface area contributed by atoms with Gasteiger partial charge in [-0.25, -0.2) is 4.98 Å². The molecular formula is C11H10ClF3N2O2. The number of aromatic nitrogens is 2. The topological polar surface area (TPSA) is 54.6 Å². The van der Waals surface area contributed by atoms with Crippen molar-refractivity contribution in [1.82, 2.24) is 9.38 Å². The van der Waals surface area contributed by atoms with Gasteiger partial charge in [-0.1, -0.05) is 0 Å². The highest BCUT2D eigenvalue weighted by Crippen LogP contribution is 2.32. The highest BCUT2D eigenvalue weighted by molar-refractivity contribution is 5.85. The number of alkyl halides is 3. The molecule has 0 unspecified atom stereocenters. The Kier molecular flexibility index (Phi) is 4.09. The summed E-state index contributed by atoms with van der Waals surface area (Å²) in [5, 5.41) is 8.74. The zero-order valence-corrected chi connectivity index (χ0v) is 10.5. The lowest BCUT2D eigenvalue weighted by Crippen LogP contribution is -2.09. The first kappa shape index (κ1) is 15.3. The van der Waals surface area contributed by atoms with Gasteiger partial charge in [0, 0.05) is 6.20 Å². The number of carboxylic acids is 1. The van der Waals surface area contributed by atoms with Crippen LogP contribution in [0, 0.1) is 6.92 Å². The molecule has 0 atom stereocenters. The Bertz CT molecular complexity index is 622. The number of hydrogen-bond acceptors (Lipinski definition) is 2. The van der Waals surface area contributed by atoms with Crippen LogP contribution >= 0.6 is 12.4 Å². The Morgan fingerprint density at radius 3 is 2.63 bits per heavy atom. The van der Waals surface area contributed by atoms with E-state index in [4.69, 9.17) is 5.11 Å². The van der Waals surface area contributed by atoms with Crippen LogP contribution in [0.5, 0.6) is 0 Å². The number of carboxylic acid groups (broad SMARTS) is 1. The van der Waals surface area contributed by atoms with Crippen LogP contribution in [0.15, 0.2) is 18.3 Å². The van der Waals surface area contributed by atoms with Crippen molar-refractivity contribution in [2.24, 2.45) is 0 Å². The van der Waals surface area contributed by atoms with E-state index in [9.17, 15) is 18.0 Å². The number of hydrogen-bond donors (Lipinski definition) is 1. The molecule has 0 amide bonds. The monoisotopic (exact) mass is 294 g/mol. The maximum absolute atomic E-state index is 12.8. The van der Waals surface area contributed by atoms with Crippen molar-refractivity contribution >= 4 is 24.0 Å². The fraction of sp³-hybridized carbons (Fsp3) is 0.273. The van der Waals surface area contributed by atoms with Crippen molar-refractivity contribution < 1.29 is 23.1 Å². The van der Waals surface area contributed by atoms with Gasteiger partial charge >= 0.3 is 12.1 Å². The molecule has 8 heteroatoms. The lowest BCUT2D eigenvalue weighted by atomic mass is 10.2. The molecule has 2 aromatic rings. The zero-order chi connectivity index (χ0) is 13.5. The molecule has 0 spiro atoms. The normalized spacial score (nSPS) is 11.4. The number of nitrogens with zero attached hydrogens (tertiary/aromatic N) is 2. The van der Waals surface area contributed by atoms with Crippen LogP contribution in [0.3, 0.4) is 0 Å². The third kappa shape index (κ3) is 2.81. The quantitative estimate of drug-likeness (QED) is 0.926. The molecular weight excluding hydrogens is 285 g/mol. The summed E-state index contributed by atoms with van der Waals surface area (Å²) in [4.78, 5) is 14.5. The van der Waals surface area contributed by atoms with Crippen LogP contribution in [0.4, 0.5) is 13.2 Å². The van der Waals surface area contributed by atoms with Crippen LogP contribution in [-0.4, -0.2) is 20.5 Å². The standard InChI is InChI=1S/C11H9F3N2O2.ClH/c1-6-8(5-9(17)18)16-4-2-3-7(10(16)15-6)11(12,13)14;/h2-4H,5H2,1H3,(H,17,18);1H. The first-order chi connectivity index (χ1) is 8.30. The summed E-state index contributed by atoms with van der Waals surface area (Å²) in [6.07, 6.45) is -3.50. The second kappa shape index (κ2) is 5.08. The van der Waals surface area contributed by atoms with Gasteiger partial charge in [-0.2, -0.15) is 13.2 Å². The Hall–Kier alpha value is -1.76. The molecule has 0 saturated carbocycles. The molecule has 104 valence electrons. The largest absolute Gasteiger partial charge is 0.481 e. The fourth-order valence-corrected chi connectivity index (χ4v) is 1.81. The second-order valence-electron chi connectivity index (χ2n) is 3.83. The van der Waals surface area contributed by atoms with Gasteiger partial charge in [-0.15, -0.1) is 12.4 Å². The zero-order valence-electron chi connectivity index (χ0n) is 9.73. The van der Waals surface area contributed by atoms with Gasteiger partial charge in [0.1, 0.15) is 5.65 Å². The average molecular weight is 295 g/mol. The second-order valence-corrected chi connectivity index (χ2v) is 3.83. The SMILES string of the molecule is Cc1nc2c(C(F)(F)F)cccn2c1CC(=O)O.Cl. The molecule has 0 aliphatic carbocycles. The van der Waals surface area contributed by atoms with E-state index < -0.39 is 17.7 Å². The summed E-state index contributed by atoms with van der Waals surface area (Å²) in [5.41, 5.74) is -0.596. The van der Waals surface area contributed by atoms with Crippen LogP contribution in [0.2, 0.25) is 0 Å². The van der Waals surface area contributed by atoms with E-state index >= 15 is 0 Å². The molecule has 2 heterocycles. The third-order valence-corrected chi connectivity index (χ3v) is 2.57. The van der Waals surface area contributed by atoms with Crippen molar-refractivity contribution in [3.63, 3.8) is 0 Å². The molecule has 0 fully saturated rings. The number of halogens is 4. The van der Waals surface area contributed by atoms with Crippen molar-refractivity contribution in [2.75, 3.05) is 0 Å². The summed E-state index contributed by atoms with van der Waals surface area (Å²) < 4.78 is 39.4. The van der Waals surface area contributed by atoms with Crippen LogP contribution in [0.1, 0.15) is 17.0 Å². The predicted octanol–water partition coefficient (Wildman–Crippen LogP) is 2.71. The molecule has 2 aromatic heterocycles. The Morgan fingerprint density at radius 2 is 2.11 bits per heavy atom. The van der Waals surface area contributed by atoms with E-state index in [1.165, 1.54) is 23.6 Å². The molecule has 4 nitrogen and oxygen atoms in total. The molecule has 0 radical (unpaired) electrons. The summed E-state index contributed by atoms with van der Waals surface area (Å²) in [6, 6.07) is 2.15. The maximum Gasteiger partial charge on any atom is 0.419 e. The maximum atomic E-state index is 12.8. The number of carbonyl (C=O) groups is 1. The van der Waals surface area contributed by atoms with Gasteiger partial charge < -0.3 is 9.51 Å². The van der Waals surface area contributed by atoms with Gasteiger partial charge in [-0.3, -0.25) is 4.79 Å². The number of rotatable bonds is 2. The Morgan fingerprint density at radius 1 is 1.47 bits per heavy atom. The molecule has 0 aliphatic rings. The van der Waals surface area contributed by atoms with Gasteiger partial charge in [-0.05, 0) is 19.1 Å². The number of fused-ring (bicyclic) bond motifs is 1. The molecule has 0 aliphatic heterocycles. The van der Waals surface area contributed by atoms with E-state index in [2.05, 4.69) is 4.98 Å². The van der Waals surface area contributed by atoms with Crippen molar-refractivity contribution in [3.05, 3.63) is 35.3 Å². The minimum atomic E-state index is -4.51. The number of aryl methyl sites for hydroxylation is 1. The lowest BCUT2D eigenvalue weighted by molar-refractivity contribution is -0.137. The Labute approximate surface area is 112 Å². The summed E-state index contributed by atoms with van der Waals surface area (Å²) in [7, 11) is 0. The molecule has 19 heavy (non-hydrogen) atoms. The van der Waals surface area contributed by atoms with Gasteiger partial charge in [0.2, 0.25) is 0 Å². The van der Waals surface area contributed by atoms with E-state index in [1.54, 1.807) is 0 Å². The van der Waals surface area contributed by atoms with E-state index in [-0.39, 0.29) is 35.9 Å². The first-order valence-corrected chi connectivity index (χ1v) is 5.06. The minimum absolute atomic E-state index is 0. The highest BCUT2D eigenvalue weighted by Gasteiger charge is 2.34. The van der Waals surface area contributed by atoms with E-state index in [0.717, 1.165) is 6.07 Å². The third-order valence-electron chi connectivity index (χ3n) is 2.57. The lowest BCUT2D eigenvalue weighted by Gasteiger charge is -2.08. The van der Waals surface area contributed by atoms with Crippen LogP contribution in [-0.2, 0) is 17.4 Å². The highest BCUT2D eigenvalue weighted by atomic mass is 35.5. The summed E-state index contributed by atoms with van der Waals surface area (Å²) in [6.45, 7) is 1.49. The van der Waals surface area contributed by atoms with Gasteiger partial charge in [0.05, 0.1) is 23.4 Å². The summed E-state index contributed by atoms with van der Waals surface area (Å²) in [5.74, 6) is -1.11. The number of pyridine rings is 1. The van der Waals surface area contributed by atoms with Crippen molar-refractivity contribution in [3.8, 4) is 0 Å². The Balaban J connectivity index is 0.00000180. The average Bonchev–Trinajstić information content (AvgIpc) is 2.53.